The summed E-state index contributed by atoms with van der Waals surface area (Å²) in [4.78, 5) is 23.6. The van der Waals surface area contributed by atoms with E-state index >= 15 is 0 Å². The van der Waals surface area contributed by atoms with Gasteiger partial charge in [-0.15, -0.1) is 0 Å². The zero-order valence-corrected chi connectivity index (χ0v) is 11.8. The highest BCUT2D eigenvalue weighted by molar-refractivity contribution is 6.37. The summed E-state index contributed by atoms with van der Waals surface area (Å²) >= 11 is 11.8. The van der Waals surface area contributed by atoms with Crippen LogP contribution in [0.15, 0.2) is 18.2 Å². The summed E-state index contributed by atoms with van der Waals surface area (Å²) in [5, 5.41) is 12.8. The van der Waals surface area contributed by atoms with E-state index in [1.54, 1.807) is 18.2 Å². The number of nitrogens with zero attached hydrogens (tertiary/aromatic N) is 1. The van der Waals surface area contributed by atoms with E-state index < -0.39 is 12.1 Å². The fourth-order valence-corrected chi connectivity index (χ4v) is 2.21. The van der Waals surface area contributed by atoms with E-state index in [1.807, 2.05) is 0 Å². The molecular formula is C12H12Cl2N2O4. The number of halogens is 2. The highest BCUT2D eigenvalue weighted by atomic mass is 35.5. The van der Waals surface area contributed by atoms with Crippen molar-refractivity contribution in [1.29, 1.82) is 0 Å². The van der Waals surface area contributed by atoms with Gasteiger partial charge in [0.2, 0.25) is 5.91 Å². The van der Waals surface area contributed by atoms with Gasteiger partial charge in [0.1, 0.15) is 12.7 Å². The fourth-order valence-electron chi connectivity index (χ4n) is 1.70. The van der Waals surface area contributed by atoms with Gasteiger partial charge in [-0.1, -0.05) is 29.3 Å². The number of hydrogen-bond acceptors (Lipinski definition) is 4. The number of para-hydroxylation sites is 1. The minimum Gasteiger partial charge on any atom is -0.488 e. The third kappa shape index (κ3) is 3.33. The van der Waals surface area contributed by atoms with Crippen molar-refractivity contribution in [2.24, 2.45) is 0 Å². The number of benzene rings is 1. The first-order valence-electron chi connectivity index (χ1n) is 5.82. The van der Waals surface area contributed by atoms with E-state index in [1.165, 1.54) is 0 Å². The number of rotatable bonds is 5. The van der Waals surface area contributed by atoms with Gasteiger partial charge >= 0.3 is 6.03 Å². The fraction of sp³-hybridized carbons (Fsp3) is 0.333. The number of amides is 3. The lowest BCUT2D eigenvalue weighted by Crippen LogP contribution is -2.39. The molecule has 0 spiro atoms. The molecule has 1 aromatic rings. The molecular weight excluding hydrogens is 307 g/mol. The Morgan fingerprint density at radius 1 is 1.35 bits per heavy atom. The quantitative estimate of drug-likeness (QED) is 0.802. The van der Waals surface area contributed by atoms with Crippen molar-refractivity contribution in [3.63, 3.8) is 0 Å². The van der Waals surface area contributed by atoms with E-state index in [4.69, 9.17) is 27.9 Å². The standard InChI is InChI=1S/C12H12Cl2N2O4/c13-8-2-1-3-9(14)11(8)20-6-7(17)5-16-10(18)4-15-12(16)19/h1-3,7,17H,4-6H2,(H,15,19)/t7-/m0/s1. The minimum absolute atomic E-state index is 0.0528. The topological polar surface area (TPSA) is 78.9 Å². The predicted molar refractivity (Wildman–Crippen MR) is 73.1 cm³/mol. The van der Waals surface area contributed by atoms with Crippen molar-refractivity contribution in [1.82, 2.24) is 10.2 Å². The molecule has 2 rings (SSSR count). The number of nitrogens with one attached hydrogen (secondary N) is 1. The van der Waals surface area contributed by atoms with E-state index in [0.717, 1.165) is 4.90 Å². The van der Waals surface area contributed by atoms with Gasteiger partial charge < -0.3 is 15.2 Å². The molecule has 20 heavy (non-hydrogen) atoms. The molecule has 1 atom stereocenters. The molecule has 1 fully saturated rings. The maximum atomic E-state index is 11.4. The van der Waals surface area contributed by atoms with Crippen LogP contribution in [0.25, 0.3) is 0 Å². The van der Waals surface area contributed by atoms with E-state index in [2.05, 4.69) is 5.32 Å². The van der Waals surface area contributed by atoms with Crippen LogP contribution in [0.2, 0.25) is 10.0 Å². The Balaban J connectivity index is 1.91. The maximum Gasteiger partial charge on any atom is 0.324 e. The molecule has 0 bridgehead atoms. The van der Waals surface area contributed by atoms with Crippen molar-refractivity contribution in [2.45, 2.75) is 6.10 Å². The number of carbonyl (C=O) groups is 2. The Morgan fingerprint density at radius 3 is 2.55 bits per heavy atom. The average Bonchev–Trinajstić information content (AvgIpc) is 2.70. The van der Waals surface area contributed by atoms with Gasteiger partial charge in [0, 0.05) is 0 Å². The number of carbonyl (C=O) groups excluding carboxylic acids is 2. The second-order valence-electron chi connectivity index (χ2n) is 4.18. The molecule has 0 unspecified atom stereocenters. The molecule has 1 aromatic carbocycles. The van der Waals surface area contributed by atoms with E-state index in [9.17, 15) is 14.7 Å². The predicted octanol–water partition coefficient (Wildman–Crippen LogP) is 1.28. The molecule has 0 saturated carbocycles. The summed E-state index contributed by atoms with van der Waals surface area (Å²) in [5.41, 5.74) is 0. The van der Waals surface area contributed by atoms with E-state index in [-0.39, 0.29) is 31.4 Å². The zero-order chi connectivity index (χ0) is 14.7. The third-order valence-electron chi connectivity index (χ3n) is 2.67. The normalized spacial score (nSPS) is 16.2. The van der Waals surface area contributed by atoms with Gasteiger partial charge in [0.25, 0.3) is 0 Å². The molecule has 2 N–H and O–H groups in total. The Hall–Kier alpha value is -1.50. The zero-order valence-electron chi connectivity index (χ0n) is 10.3. The van der Waals surface area contributed by atoms with Gasteiger partial charge in [0.15, 0.2) is 5.75 Å². The summed E-state index contributed by atoms with van der Waals surface area (Å²) in [6.45, 7) is -0.337. The summed E-state index contributed by atoms with van der Waals surface area (Å²) in [6.07, 6.45) is -1.03. The van der Waals surface area contributed by atoms with Crippen molar-refractivity contribution in [3.8, 4) is 5.75 Å². The molecule has 108 valence electrons. The highest BCUT2D eigenvalue weighted by Crippen LogP contribution is 2.32. The smallest absolute Gasteiger partial charge is 0.324 e. The molecule has 1 aliphatic heterocycles. The summed E-state index contributed by atoms with van der Waals surface area (Å²) in [6, 6.07) is 4.35. The Labute approximate surface area is 125 Å². The third-order valence-corrected chi connectivity index (χ3v) is 3.26. The number of hydrogen-bond donors (Lipinski definition) is 2. The van der Waals surface area contributed by atoms with Gasteiger partial charge in [-0.2, -0.15) is 0 Å². The van der Waals surface area contributed by atoms with Crippen LogP contribution in [0, 0.1) is 0 Å². The number of aliphatic hydroxyl groups is 1. The Kier molecular flexibility index (Phi) is 4.69. The minimum atomic E-state index is -1.03. The van der Waals surface area contributed by atoms with Crippen molar-refractivity contribution in [3.05, 3.63) is 28.2 Å². The van der Waals surface area contributed by atoms with E-state index in [0.29, 0.717) is 10.0 Å². The molecule has 0 radical (unpaired) electrons. The summed E-state index contributed by atoms with van der Waals surface area (Å²) < 4.78 is 5.33. The first kappa shape index (κ1) is 14.9. The molecule has 1 heterocycles. The van der Waals surface area contributed by atoms with Crippen molar-refractivity contribution < 1.29 is 19.4 Å². The Bertz CT molecular complexity index is 502. The lowest BCUT2D eigenvalue weighted by Gasteiger charge is -2.18. The SMILES string of the molecule is O=C1CNC(=O)N1C[C@H](O)COc1c(Cl)cccc1Cl. The summed E-state index contributed by atoms with van der Waals surface area (Å²) in [7, 11) is 0. The van der Waals surface area contributed by atoms with Crippen molar-refractivity contribution in [2.75, 3.05) is 19.7 Å². The first-order valence-corrected chi connectivity index (χ1v) is 6.57. The summed E-state index contributed by atoms with van der Waals surface area (Å²) in [5.74, 6) is -0.128. The number of β-amino-alcohol motifs (C(OH)–C–C–N with tert-alkyl or cyclic N) is 1. The number of ether oxygens (including phenoxy) is 1. The molecule has 0 aromatic heterocycles. The molecule has 6 nitrogen and oxygen atoms in total. The van der Waals surface area contributed by atoms with Gasteiger partial charge in [-0.3, -0.25) is 9.69 Å². The monoisotopic (exact) mass is 318 g/mol. The number of urea groups is 1. The molecule has 8 heteroatoms. The average molecular weight is 319 g/mol. The lowest BCUT2D eigenvalue weighted by molar-refractivity contribution is -0.126. The number of imide groups is 1. The Morgan fingerprint density at radius 2 is 2.00 bits per heavy atom. The molecule has 0 aliphatic carbocycles. The van der Waals surface area contributed by atoms with Crippen molar-refractivity contribution >= 4 is 35.1 Å². The highest BCUT2D eigenvalue weighted by Gasteiger charge is 2.30. The van der Waals surface area contributed by atoms with Crippen LogP contribution in [-0.4, -0.2) is 47.7 Å². The van der Waals surface area contributed by atoms with Gasteiger partial charge in [-0.05, 0) is 12.1 Å². The van der Waals surface area contributed by atoms with Gasteiger partial charge in [0.05, 0.1) is 23.1 Å². The number of aliphatic hydroxyl groups excluding tert-OH is 1. The maximum absolute atomic E-state index is 11.4. The molecule has 3 amide bonds. The largest absolute Gasteiger partial charge is 0.488 e. The second-order valence-corrected chi connectivity index (χ2v) is 4.99. The van der Waals surface area contributed by atoms with Crippen LogP contribution in [0.5, 0.6) is 5.75 Å². The van der Waals surface area contributed by atoms with Crippen LogP contribution in [-0.2, 0) is 4.79 Å². The van der Waals surface area contributed by atoms with Crippen LogP contribution < -0.4 is 10.1 Å². The van der Waals surface area contributed by atoms with Gasteiger partial charge in [-0.25, -0.2) is 4.79 Å². The molecule has 1 aliphatic rings. The molecule has 1 saturated heterocycles. The van der Waals surface area contributed by atoms with Crippen LogP contribution in [0.3, 0.4) is 0 Å². The van der Waals surface area contributed by atoms with Crippen LogP contribution in [0.1, 0.15) is 0 Å². The first-order chi connectivity index (χ1) is 9.49. The second kappa shape index (κ2) is 6.30. The van der Waals surface area contributed by atoms with Crippen LogP contribution in [0.4, 0.5) is 4.79 Å². The van der Waals surface area contributed by atoms with Crippen LogP contribution >= 0.6 is 23.2 Å². The lowest BCUT2D eigenvalue weighted by atomic mass is 10.3.